The number of hydrogen-bond acceptors (Lipinski definition) is 4. The van der Waals surface area contributed by atoms with Gasteiger partial charge in [-0.25, -0.2) is 8.42 Å². The molecule has 0 aromatic heterocycles. The molecule has 1 aromatic rings. The minimum Gasteiger partial charge on any atom is -0.492 e. The van der Waals surface area contributed by atoms with E-state index < -0.39 is 9.05 Å². The minimum absolute atomic E-state index is 0.0258. The molecule has 3 nitrogen and oxygen atoms in total. The predicted molar refractivity (Wildman–Crippen MR) is 62.4 cm³/mol. The molecule has 0 aliphatic carbocycles. The lowest BCUT2D eigenvalue weighted by atomic mass is 10.3. The maximum atomic E-state index is 11.3. The highest BCUT2D eigenvalue weighted by molar-refractivity contribution is 8.13. The van der Waals surface area contributed by atoms with Gasteiger partial charge >= 0.3 is 0 Å². The second-order valence-electron chi connectivity index (χ2n) is 2.68. The SMILES string of the molecule is CCOc1ccc(SC)cc1S(=O)(=O)Cl. The maximum Gasteiger partial charge on any atom is 0.265 e. The van der Waals surface area contributed by atoms with Gasteiger partial charge in [-0.15, -0.1) is 11.8 Å². The van der Waals surface area contributed by atoms with E-state index in [0.29, 0.717) is 12.4 Å². The molecule has 1 rings (SSSR count). The normalized spacial score (nSPS) is 11.4. The fourth-order valence-electron chi connectivity index (χ4n) is 1.08. The molecule has 0 spiro atoms. The largest absolute Gasteiger partial charge is 0.492 e. The first-order chi connectivity index (χ1) is 6.99. The van der Waals surface area contributed by atoms with Gasteiger partial charge in [-0.05, 0) is 31.4 Å². The molecule has 6 heteroatoms. The summed E-state index contributed by atoms with van der Waals surface area (Å²) in [4.78, 5) is 0.857. The zero-order valence-corrected chi connectivity index (χ0v) is 10.7. The lowest BCUT2D eigenvalue weighted by Gasteiger charge is -2.08. The van der Waals surface area contributed by atoms with Crippen LogP contribution in [0.4, 0.5) is 0 Å². The average molecular weight is 267 g/mol. The van der Waals surface area contributed by atoms with Crippen LogP contribution in [0.2, 0.25) is 0 Å². The molecule has 0 unspecified atom stereocenters. The number of benzene rings is 1. The summed E-state index contributed by atoms with van der Waals surface area (Å²) in [5, 5.41) is 0. The van der Waals surface area contributed by atoms with Crippen LogP contribution >= 0.6 is 22.4 Å². The van der Waals surface area contributed by atoms with Crippen LogP contribution in [0.3, 0.4) is 0 Å². The Hall–Kier alpha value is -0.390. The van der Waals surface area contributed by atoms with Gasteiger partial charge in [-0.1, -0.05) is 0 Å². The molecule has 15 heavy (non-hydrogen) atoms. The monoisotopic (exact) mass is 266 g/mol. The van der Waals surface area contributed by atoms with E-state index in [-0.39, 0.29) is 4.90 Å². The predicted octanol–water partition coefficient (Wildman–Crippen LogP) is 2.73. The third-order valence-electron chi connectivity index (χ3n) is 1.71. The van der Waals surface area contributed by atoms with Gasteiger partial charge < -0.3 is 4.74 Å². The average Bonchev–Trinajstić information content (AvgIpc) is 2.17. The van der Waals surface area contributed by atoms with Crippen molar-refractivity contribution in [2.24, 2.45) is 0 Å². The van der Waals surface area contributed by atoms with E-state index in [2.05, 4.69) is 0 Å². The van der Waals surface area contributed by atoms with E-state index in [0.717, 1.165) is 4.90 Å². The van der Waals surface area contributed by atoms with Gasteiger partial charge in [-0.3, -0.25) is 0 Å². The molecular weight excluding hydrogens is 256 g/mol. The smallest absolute Gasteiger partial charge is 0.265 e. The summed E-state index contributed by atoms with van der Waals surface area (Å²) in [6, 6.07) is 4.92. The summed E-state index contributed by atoms with van der Waals surface area (Å²) in [5.41, 5.74) is 0. The van der Waals surface area contributed by atoms with Gasteiger partial charge in [0.15, 0.2) is 0 Å². The third-order valence-corrected chi connectivity index (χ3v) is 3.78. The molecule has 84 valence electrons. The fraction of sp³-hybridized carbons (Fsp3) is 0.333. The van der Waals surface area contributed by atoms with E-state index in [1.165, 1.54) is 17.8 Å². The molecule has 0 saturated carbocycles. The highest BCUT2D eigenvalue weighted by atomic mass is 35.7. The van der Waals surface area contributed by atoms with Gasteiger partial charge in [0.1, 0.15) is 10.6 Å². The fourth-order valence-corrected chi connectivity index (χ4v) is 2.59. The van der Waals surface area contributed by atoms with Crippen molar-refractivity contribution in [1.29, 1.82) is 0 Å². The summed E-state index contributed by atoms with van der Waals surface area (Å²) in [5.74, 6) is 0.297. The van der Waals surface area contributed by atoms with Crippen molar-refractivity contribution < 1.29 is 13.2 Å². The van der Waals surface area contributed by atoms with Gasteiger partial charge in [0.2, 0.25) is 0 Å². The van der Waals surface area contributed by atoms with Crippen molar-refractivity contribution in [1.82, 2.24) is 0 Å². The van der Waals surface area contributed by atoms with Gasteiger partial charge in [0.25, 0.3) is 9.05 Å². The summed E-state index contributed by atoms with van der Waals surface area (Å²) in [7, 11) is 1.56. The Balaban J connectivity index is 3.29. The van der Waals surface area contributed by atoms with Crippen LogP contribution in [-0.4, -0.2) is 21.3 Å². The van der Waals surface area contributed by atoms with Crippen LogP contribution in [0.1, 0.15) is 6.92 Å². The van der Waals surface area contributed by atoms with Crippen molar-refractivity contribution >= 4 is 31.5 Å². The van der Waals surface area contributed by atoms with Gasteiger partial charge in [0, 0.05) is 15.6 Å². The van der Waals surface area contributed by atoms with E-state index >= 15 is 0 Å². The zero-order valence-electron chi connectivity index (χ0n) is 8.36. The van der Waals surface area contributed by atoms with Gasteiger partial charge in [-0.2, -0.15) is 0 Å². The van der Waals surface area contributed by atoms with Crippen molar-refractivity contribution in [3.63, 3.8) is 0 Å². The lowest BCUT2D eigenvalue weighted by Crippen LogP contribution is -1.99. The van der Waals surface area contributed by atoms with E-state index in [1.807, 2.05) is 6.26 Å². The van der Waals surface area contributed by atoms with Crippen LogP contribution in [0, 0.1) is 0 Å². The molecule has 0 amide bonds. The molecule has 1 aromatic carbocycles. The summed E-state index contributed by atoms with van der Waals surface area (Å²) in [6.07, 6.45) is 1.86. The number of thioether (sulfide) groups is 1. The van der Waals surface area contributed by atoms with Crippen LogP contribution in [0.25, 0.3) is 0 Å². The number of halogens is 1. The number of ether oxygens (including phenoxy) is 1. The van der Waals surface area contributed by atoms with E-state index in [1.54, 1.807) is 19.1 Å². The second kappa shape index (κ2) is 5.09. The number of hydrogen-bond donors (Lipinski definition) is 0. The van der Waals surface area contributed by atoms with E-state index in [4.69, 9.17) is 15.4 Å². The Kier molecular flexibility index (Phi) is 4.31. The molecule has 0 atom stereocenters. The standard InChI is InChI=1S/C9H11ClO3S2/c1-3-13-8-5-4-7(14-2)6-9(8)15(10,11)12/h4-6H,3H2,1-2H3. The van der Waals surface area contributed by atoms with Gasteiger partial charge in [0.05, 0.1) is 6.61 Å². The zero-order chi connectivity index (χ0) is 11.5. The third kappa shape index (κ3) is 3.29. The molecule has 0 N–H and O–H groups in total. The van der Waals surface area contributed by atoms with Crippen molar-refractivity contribution in [2.75, 3.05) is 12.9 Å². The van der Waals surface area contributed by atoms with Crippen LogP contribution in [0.5, 0.6) is 5.75 Å². The summed E-state index contributed by atoms with van der Waals surface area (Å²) >= 11 is 1.45. The Labute approximate surface area is 98.2 Å². The van der Waals surface area contributed by atoms with Crippen molar-refractivity contribution in [3.8, 4) is 5.75 Å². The molecule has 0 fully saturated rings. The van der Waals surface area contributed by atoms with Crippen LogP contribution < -0.4 is 4.74 Å². The highest BCUT2D eigenvalue weighted by Gasteiger charge is 2.17. The molecule has 0 radical (unpaired) electrons. The van der Waals surface area contributed by atoms with Crippen molar-refractivity contribution in [2.45, 2.75) is 16.7 Å². The Morgan fingerprint density at radius 1 is 1.47 bits per heavy atom. The first-order valence-electron chi connectivity index (χ1n) is 4.24. The molecule has 0 bridgehead atoms. The Morgan fingerprint density at radius 2 is 2.13 bits per heavy atom. The summed E-state index contributed by atoms with van der Waals surface area (Å²) < 4.78 is 27.7. The Morgan fingerprint density at radius 3 is 2.60 bits per heavy atom. The topological polar surface area (TPSA) is 43.4 Å². The van der Waals surface area contributed by atoms with E-state index in [9.17, 15) is 8.42 Å². The first kappa shape index (κ1) is 12.7. The van der Waals surface area contributed by atoms with Crippen LogP contribution in [0.15, 0.2) is 28.0 Å². The molecular formula is C9H11ClO3S2. The quantitative estimate of drug-likeness (QED) is 0.621. The highest BCUT2D eigenvalue weighted by Crippen LogP contribution is 2.30. The molecule has 0 aliphatic rings. The Bertz CT molecular complexity index is 443. The first-order valence-corrected chi connectivity index (χ1v) is 7.78. The van der Waals surface area contributed by atoms with Crippen LogP contribution in [-0.2, 0) is 9.05 Å². The van der Waals surface area contributed by atoms with Crippen molar-refractivity contribution in [3.05, 3.63) is 18.2 Å². The summed E-state index contributed by atoms with van der Waals surface area (Å²) in [6.45, 7) is 2.19. The number of rotatable bonds is 4. The molecule has 0 heterocycles. The molecule has 0 aliphatic heterocycles. The molecule has 0 saturated heterocycles. The minimum atomic E-state index is -3.75. The maximum absolute atomic E-state index is 11.3. The lowest BCUT2D eigenvalue weighted by molar-refractivity contribution is 0.331. The second-order valence-corrected chi connectivity index (χ2v) is 6.10.